The van der Waals surface area contributed by atoms with E-state index in [1.165, 1.54) is 0 Å². The number of rotatable bonds is 1. The van der Waals surface area contributed by atoms with Crippen LogP contribution in [0.2, 0.25) is 0 Å². The minimum absolute atomic E-state index is 0.0658. The second kappa shape index (κ2) is 5.64. The molecule has 24 heavy (non-hydrogen) atoms. The maximum absolute atomic E-state index is 9.61. The van der Waals surface area contributed by atoms with Gasteiger partial charge in [-0.3, -0.25) is 4.98 Å². The Balaban J connectivity index is 1.67. The highest BCUT2D eigenvalue weighted by molar-refractivity contribution is 7.82. The van der Waals surface area contributed by atoms with Gasteiger partial charge in [0.25, 0.3) is 0 Å². The first-order chi connectivity index (χ1) is 11.6. The molecule has 4 rings (SSSR count). The summed E-state index contributed by atoms with van der Waals surface area (Å²) in [6, 6.07) is 6.14. The number of fused-ring (bicyclic) bond motifs is 2. The van der Waals surface area contributed by atoms with Crippen LogP contribution in [0.4, 0.5) is 0 Å². The molecule has 0 amide bonds. The molecule has 1 aliphatic carbocycles. The molecule has 120 valence electrons. The second-order valence-electron chi connectivity index (χ2n) is 6.58. The van der Waals surface area contributed by atoms with Crippen molar-refractivity contribution < 1.29 is 4.74 Å². The summed E-state index contributed by atoms with van der Waals surface area (Å²) in [5, 5.41) is 9.61. The van der Waals surface area contributed by atoms with Crippen LogP contribution >= 0.6 is 12.6 Å². The van der Waals surface area contributed by atoms with Crippen molar-refractivity contribution in [2.75, 3.05) is 0 Å². The van der Waals surface area contributed by atoms with E-state index in [0.29, 0.717) is 5.88 Å². The van der Waals surface area contributed by atoms with E-state index in [-0.39, 0.29) is 16.8 Å². The van der Waals surface area contributed by atoms with Crippen molar-refractivity contribution in [1.82, 2.24) is 4.98 Å². The summed E-state index contributed by atoms with van der Waals surface area (Å²) in [7, 11) is 0. The molecule has 2 aliphatic heterocycles. The number of nitriles is 1. The highest BCUT2D eigenvalue weighted by atomic mass is 32.1. The number of aliphatic imine (C=N–C) groups is 1. The summed E-state index contributed by atoms with van der Waals surface area (Å²) < 4.78 is 5.69. The molecule has 0 bridgehead atoms. The molecule has 1 saturated carbocycles. The first-order valence-corrected chi connectivity index (χ1v) is 8.42. The summed E-state index contributed by atoms with van der Waals surface area (Å²) in [4.78, 5) is 8.60. The Morgan fingerprint density at radius 2 is 2.33 bits per heavy atom. The highest BCUT2D eigenvalue weighted by Crippen LogP contribution is 2.48. The smallest absolute Gasteiger partial charge is 0.216 e. The Labute approximate surface area is 146 Å². The van der Waals surface area contributed by atoms with Crippen molar-refractivity contribution in [3.8, 4) is 6.07 Å². The Bertz CT molecular complexity index is 843. The fourth-order valence-electron chi connectivity index (χ4n) is 3.52. The molecule has 1 aromatic heterocycles. The second-order valence-corrected chi connectivity index (χ2v) is 7.54. The van der Waals surface area contributed by atoms with E-state index in [0.717, 1.165) is 35.1 Å². The highest BCUT2D eigenvalue weighted by Gasteiger charge is 2.43. The Morgan fingerprint density at radius 3 is 3.08 bits per heavy atom. The van der Waals surface area contributed by atoms with Gasteiger partial charge in [-0.05, 0) is 25.0 Å². The summed E-state index contributed by atoms with van der Waals surface area (Å²) in [5.41, 5.74) is 3.86. The molecule has 0 spiro atoms. The minimum Gasteiger partial charge on any atom is -0.473 e. The van der Waals surface area contributed by atoms with Crippen LogP contribution in [0.5, 0.6) is 0 Å². The molecule has 0 saturated heterocycles. The summed E-state index contributed by atoms with van der Waals surface area (Å²) >= 11 is 4.56. The lowest BCUT2D eigenvalue weighted by atomic mass is 9.95. The normalized spacial score (nSPS) is 32.7. The lowest BCUT2D eigenvalue weighted by molar-refractivity contribution is 0.129. The first kappa shape index (κ1) is 15.2. The molecule has 3 unspecified atom stereocenters. The van der Waals surface area contributed by atoms with E-state index < -0.39 is 0 Å². The van der Waals surface area contributed by atoms with Crippen molar-refractivity contribution in [1.29, 1.82) is 5.26 Å². The molecule has 5 heteroatoms. The molecule has 3 heterocycles. The molecular weight excluding hydrogens is 318 g/mol. The zero-order valence-corrected chi connectivity index (χ0v) is 14.2. The third kappa shape index (κ3) is 2.57. The zero-order chi connectivity index (χ0) is 16.7. The van der Waals surface area contributed by atoms with Crippen LogP contribution in [-0.4, -0.2) is 22.0 Å². The monoisotopic (exact) mass is 335 g/mol. The number of nitrogens with zero attached hydrogens (tertiary/aromatic N) is 3. The number of ether oxygens (including phenoxy) is 1. The largest absolute Gasteiger partial charge is 0.473 e. The van der Waals surface area contributed by atoms with Gasteiger partial charge in [-0.2, -0.15) is 17.9 Å². The summed E-state index contributed by atoms with van der Waals surface area (Å²) in [6.07, 6.45) is 11.0. The SMILES string of the molecule is CC1(S)C=CC2=C(N=C1)OC1C/C(=C(/C#N)c3cccnc3)CC21. The zero-order valence-electron chi connectivity index (χ0n) is 13.3. The predicted octanol–water partition coefficient (Wildman–Crippen LogP) is 3.71. The van der Waals surface area contributed by atoms with E-state index >= 15 is 0 Å². The number of aromatic nitrogens is 1. The number of hydrogen-bond donors (Lipinski definition) is 1. The third-order valence-corrected chi connectivity index (χ3v) is 5.00. The molecule has 1 fully saturated rings. The van der Waals surface area contributed by atoms with Gasteiger partial charge in [-0.1, -0.05) is 18.2 Å². The summed E-state index contributed by atoms with van der Waals surface area (Å²) in [5.74, 6) is 0.962. The van der Waals surface area contributed by atoms with Gasteiger partial charge < -0.3 is 4.74 Å². The molecule has 0 aromatic carbocycles. The maximum Gasteiger partial charge on any atom is 0.216 e. The lowest BCUT2D eigenvalue weighted by Crippen LogP contribution is -2.15. The lowest BCUT2D eigenvalue weighted by Gasteiger charge is -2.13. The van der Waals surface area contributed by atoms with Crippen molar-refractivity contribution in [3.05, 3.63) is 59.3 Å². The third-order valence-electron chi connectivity index (χ3n) is 4.73. The van der Waals surface area contributed by atoms with Crippen molar-refractivity contribution in [2.45, 2.75) is 30.6 Å². The number of thiol groups is 1. The van der Waals surface area contributed by atoms with Crippen molar-refractivity contribution in [3.63, 3.8) is 0 Å². The summed E-state index contributed by atoms with van der Waals surface area (Å²) in [6.45, 7) is 1.99. The van der Waals surface area contributed by atoms with Gasteiger partial charge in [0.15, 0.2) is 0 Å². The fraction of sp³-hybridized carbons (Fsp3) is 0.316. The van der Waals surface area contributed by atoms with Gasteiger partial charge >= 0.3 is 0 Å². The van der Waals surface area contributed by atoms with Gasteiger partial charge in [0.1, 0.15) is 6.10 Å². The van der Waals surface area contributed by atoms with Crippen molar-refractivity contribution >= 4 is 24.4 Å². The van der Waals surface area contributed by atoms with E-state index in [4.69, 9.17) is 4.74 Å². The molecule has 4 nitrogen and oxygen atoms in total. The van der Waals surface area contributed by atoms with Crippen LogP contribution in [0, 0.1) is 17.2 Å². The number of hydrogen-bond acceptors (Lipinski definition) is 5. The Kier molecular flexibility index (Phi) is 3.58. The van der Waals surface area contributed by atoms with E-state index in [2.05, 4.69) is 34.8 Å². The molecule has 1 aromatic rings. The molecule has 3 atom stereocenters. The van der Waals surface area contributed by atoms with E-state index in [1.54, 1.807) is 12.4 Å². The Morgan fingerprint density at radius 1 is 1.46 bits per heavy atom. The number of pyridine rings is 1. The van der Waals surface area contributed by atoms with Crippen LogP contribution in [0.25, 0.3) is 5.57 Å². The number of allylic oxidation sites excluding steroid dienone is 2. The average Bonchev–Trinajstić information content (AvgIpc) is 3.06. The topological polar surface area (TPSA) is 58.3 Å². The van der Waals surface area contributed by atoms with Gasteiger partial charge in [0, 0.05) is 42.1 Å². The quantitative estimate of drug-likeness (QED) is 0.629. The van der Waals surface area contributed by atoms with Crippen LogP contribution < -0.4 is 0 Å². The predicted molar refractivity (Wildman–Crippen MR) is 96.4 cm³/mol. The van der Waals surface area contributed by atoms with Crippen LogP contribution in [0.3, 0.4) is 0 Å². The van der Waals surface area contributed by atoms with Gasteiger partial charge in [-0.15, -0.1) is 0 Å². The maximum atomic E-state index is 9.61. The van der Waals surface area contributed by atoms with E-state index in [1.807, 2.05) is 31.3 Å². The standard InChI is InChI=1S/C19H17N3OS/c1-19(24)5-4-14-15-7-13(8-17(15)23-18(14)22-11-19)16(9-20)12-3-2-6-21-10-12/h2-6,10-11,15,17,24H,7-8H2,1H3/b16-13-. The van der Waals surface area contributed by atoms with Crippen LogP contribution in [0.1, 0.15) is 25.3 Å². The fourth-order valence-corrected chi connectivity index (χ4v) is 3.65. The van der Waals surface area contributed by atoms with Crippen LogP contribution in [-0.2, 0) is 4.74 Å². The van der Waals surface area contributed by atoms with Crippen LogP contribution in [0.15, 0.2) is 58.7 Å². The molecule has 0 N–H and O–H groups in total. The minimum atomic E-state index is -0.367. The van der Waals surface area contributed by atoms with E-state index in [9.17, 15) is 5.26 Å². The first-order valence-electron chi connectivity index (χ1n) is 7.97. The Hall–Kier alpha value is -2.32. The molecule has 0 radical (unpaired) electrons. The van der Waals surface area contributed by atoms with Gasteiger partial charge in [-0.25, -0.2) is 4.99 Å². The average molecular weight is 335 g/mol. The van der Waals surface area contributed by atoms with Gasteiger partial charge in [0.2, 0.25) is 5.88 Å². The van der Waals surface area contributed by atoms with Gasteiger partial charge in [0.05, 0.1) is 16.4 Å². The molecule has 3 aliphatic rings. The molecular formula is C19H17N3OS. The van der Waals surface area contributed by atoms with Crippen molar-refractivity contribution in [2.24, 2.45) is 10.9 Å².